The van der Waals surface area contributed by atoms with Crippen LogP contribution < -0.4 is 14.5 Å². The third-order valence-corrected chi connectivity index (χ3v) is 5.98. The molecular weight excluding hydrogens is 440 g/mol. The van der Waals surface area contributed by atoms with E-state index in [1.54, 1.807) is 32.0 Å². The van der Waals surface area contributed by atoms with E-state index in [2.05, 4.69) is 15.3 Å². The first-order valence-electron chi connectivity index (χ1n) is 9.05. The summed E-state index contributed by atoms with van der Waals surface area (Å²) < 4.78 is 37.2. The minimum Gasteiger partial charge on any atom is -0.493 e. The Balaban J connectivity index is 1.94. The van der Waals surface area contributed by atoms with Gasteiger partial charge in [-0.15, -0.1) is 0 Å². The van der Waals surface area contributed by atoms with Crippen LogP contribution in [0.3, 0.4) is 0 Å². The normalized spacial score (nSPS) is 11.6. The van der Waals surface area contributed by atoms with Crippen molar-refractivity contribution in [2.75, 3.05) is 7.11 Å². The molecule has 3 rings (SSSR count). The summed E-state index contributed by atoms with van der Waals surface area (Å²) in [5.74, 6) is 0.205. The Morgan fingerprint density at radius 3 is 2.58 bits per heavy atom. The highest BCUT2D eigenvalue weighted by Crippen LogP contribution is 2.31. The molecule has 0 bridgehead atoms. The van der Waals surface area contributed by atoms with Gasteiger partial charge in [0.05, 0.1) is 13.3 Å². The third kappa shape index (κ3) is 4.89. The molecule has 0 radical (unpaired) electrons. The molecule has 0 saturated heterocycles. The molecule has 0 amide bonds. The molecule has 1 N–H and O–H groups in total. The van der Waals surface area contributed by atoms with Crippen molar-refractivity contribution >= 4 is 28.6 Å². The van der Waals surface area contributed by atoms with Gasteiger partial charge in [0, 0.05) is 0 Å². The van der Waals surface area contributed by atoms with Crippen LogP contribution in [0.5, 0.6) is 11.5 Å². The lowest BCUT2D eigenvalue weighted by Gasteiger charge is -2.13. The van der Waals surface area contributed by atoms with Crippen LogP contribution in [0.4, 0.5) is 0 Å². The second-order valence-electron chi connectivity index (χ2n) is 6.69. The summed E-state index contributed by atoms with van der Waals surface area (Å²) in [6.45, 7) is 5.03. The van der Waals surface area contributed by atoms with E-state index in [0.717, 1.165) is 10.2 Å². The lowest BCUT2D eigenvalue weighted by Crippen LogP contribution is -2.22. The summed E-state index contributed by atoms with van der Waals surface area (Å²) in [7, 11) is -2.68. The van der Waals surface area contributed by atoms with Crippen LogP contribution in [0.1, 0.15) is 22.4 Å². The summed E-state index contributed by atoms with van der Waals surface area (Å²) in [4.78, 5) is 12.2. The van der Waals surface area contributed by atoms with Crippen molar-refractivity contribution in [3.8, 4) is 11.5 Å². The van der Waals surface area contributed by atoms with Crippen LogP contribution >= 0.6 is 12.2 Å². The van der Waals surface area contributed by atoms with Crippen molar-refractivity contribution in [1.29, 1.82) is 0 Å². The minimum absolute atomic E-state index is 0.0229. The topological polar surface area (TPSA) is 116 Å². The Morgan fingerprint density at radius 2 is 1.87 bits per heavy atom. The van der Waals surface area contributed by atoms with Crippen molar-refractivity contribution in [2.24, 2.45) is 5.10 Å². The summed E-state index contributed by atoms with van der Waals surface area (Å²) in [5.41, 5.74) is 1.66. The smallest absolute Gasteiger partial charge is 0.339 e. The molecule has 2 aromatic carbocycles. The fraction of sp³-hybridized carbons (Fsp3) is 0.200. The molecule has 1 heterocycles. The molecule has 0 atom stereocenters. The molecule has 31 heavy (non-hydrogen) atoms. The van der Waals surface area contributed by atoms with Crippen LogP contribution in [0.15, 0.2) is 51.2 Å². The first-order valence-corrected chi connectivity index (χ1v) is 10.9. The molecule has 0 saturated carbocycles. The number of nitrogens with one attached hydrogen (secondary N) is 1. The molecule has 0 aliphatic rings. The van der Waals surface area contributed by atoms with Crippen LogP contribution in [-0.4, -0.2) is 36.6 Å². The Morgan fingerprint density at radius 1 is 1.13 bits per heavy atom. The van der Waals surface area contributed by atoms with Crippen molar-refractivity contribution in [3.05, 3.63) is 73.9 Å². The van der Waals surface area contributed by atoms with Gasteiger partial charge in [0.2, 0.25) is 4.77 Å². The van der Waals surface area contributed by atoms with Crippen molar-refractivity contribution in [1.82, 2.24) is 14.9 Å². The number of rotatable bonds is 6. The molecular formula is C20H20N4O5S2. The number of hydrogen-bond donors (Lipinski definition) is 1. The highest BCUT2D eigenvalue weighted by atomic mass is 32.2. The minimum atomic E-state index is -4.07. The van der Waals surface area contributed by atoms with Crippen LogP contribution in [0.25, 0.3) is 0 Å². The van der Waals surface area contributed by atoms with Gasteiger partial charge in [-0.1, -0.05) is 12.1 Å². The van der Waals surface area contributed by atoms with E-state index < -0.39 is 15.7 Å². The van der Waals surface area contributed by atoms with Gasteiger partial charge in [0.15, 0.2) is 11.5 Å². The van der Waals surface area contributed by atoms with E-state index in [0.29, 0.717) is 11.1 Å². The SMILES string of the molecule is COc1cc(/C=N\n2c(=S)[nH]nc(C)c2=O)ccc1OS(=O)(=O)c1cc(C)ccc1C. The molecule has 11 heteroatoms. The predicted molar refractivity (Wildman–Crippen MR) is 118 cm³/mol. The number of H-pyrrole nitrogens is 1. The molecule has 162 valence electrons. The largest absolute Gasteiger partial charge is 0.493 e. The number of hydrogen-bond acceptors (Lipinski definition) is 8. The molecule has 0 aliphatic heterocycles. The molecule has 1 aromatic heterocycles. The monoisotopic (exact) mass is 460 g/mol. The van der Waals surface area contributed by atoms with E-state index in [-0.39, 0.29) is 26.9 Å². The van der Waals surface area contributed by atoms with Crippen LogP contribution in [0, 0.1) is 25.5 Å². The third-order valence-electron chi connectivity index (χ3n) is 4.34. The zero-order valence-electron chi connectivity index (χ0n) is 17.2. The van der Waals surface area contributed by atoms with E-state index in [9.17, 15) is 13.2 Å². The van der Waals surface area contributed by atoms with E-state index in [4.69, 9.17) is 21.1 Å². The van der Waals surface area contributed by atoms with Gasteiger partial charge in [-0.2, -0.15) is 23.3 Å². The maximum Gasteiger partial charge on any atom is 0.339 e. The summed E-state index contributed by atoms with van der Waals surface area (Å²) in [6.07, 6.45) is 1.38. The van der Waals surface area contributed by atoms with Gasteiger partial charge < -0.3 is 8.92 Å². The maximum atomic E-state index is 12.8. The number of aromatic nitrogens is 3. The second kappa shape index (κ2) is 8.82. The predicted octanol–water partition coefficient (Wildman–Crippen LogP) is 2.88. The Labute approximate surface area is 184 Å². The van der Waals surface area contributed by atoms with Gasteiger partial charge >= 0.3 is 10.1 Å². The van der Waals surface area contributed by atoms with E-state index in [1.165, 1.54) is 32.4 Å². The lowest BCUT2D eigenvalue weighted by molar-refractivity contribution is 0.390. The molecule has 0 fully saturated rings. The maximum absolute atomic E-state index is 12.8. The Kier molecular flexibility index (Phi) is 6.37. The van der Waals surface area contributed by atoms with Gasteiger partial charge in [0.1, 0.15) is 10.6 Å². The quantitative estimate of drug-likeness (QED) is 0.342. The lowest BCUT2D eigenvalue weighted by atomic mass is 10.2. The zero-order chi connectivity index (χ0) is 22.8. The van der Waals surface area contributed by atoms with Gasteiger partial charge in [0.25, 0.3) is 5.56 Å². The molecule has 3 aromatic rings. The number of aryl methyl sites for hydroxylation is 3. The second-order valence-corrected chi connectivity index (χ2v) is 8.59. The summed E-state index contributed by atoms with van der Waals surface area (Å²) in [5, 5.41) is 10.4. The molecule has 0 aliphatic carbocycles. The molecule has 0 unspecified atom stereocenters. The summed E-state index contributed by atoms with van der Waals surface area (Å²) >= 11 is 5.03. The van der Waals surface area contributed by atoms with E-state index in [1.807, 2.05) is 6.07 Å². The number of methoxy groups -OCH3 is 1. The molecule has 9 nitrogen and oxygen atoms in total. The average Bonchev–Trinajstić information content (AvgIpc) is 2.73. The van der Waals surface area contributed by atoms with Crippen molar-refractivity contribution in [2.45, 2.75) is 25.7 Å². The van der Waals surface area contributed by atoms with E-state index >= 15 is 0 Å². The number of aromatic amines is 1. The molecule has 0 spiro atoms. The Hall–Kier alpha value is -3.31. The van der Waals surface area contributed by atoms with Crippen LogP contribution in [0.2, 0.25) is 0 Å². The number of nitrogens with zero attached hydrogens (tertiary/aromatic N) is 3. The number of benzene rings is 2. The van der Waals surface area contributed by atoms with Gasteiger partial charge in [-0.05, 0) is 73.9 Å². The summed E-state index contributed by atoms with van der Waals surface area (Å²) in [6, 6.07) is 9.65. The van der Waals surface area contributed by atoms with Gasteiger partial charge in [-0.3, -0.25) is 9.89 Å². The van der Waals surface area contributed by atoms with Crippen molar-refractivity contribution in [3.63, 3.8) is 0 Å². The fourth-order valence-corrected chi connectivity index (χ4v) is 4.11. The first-order chi connectivity index (χ1) is 14.6. The fourth-order valence-electron chi connectivity index (χ4n) is 2.67. The van der Waals surface area contributed by atoms with Crippen molar-refractivity contribution < 1.29 is 17.3 Å². The van der Waals surface area contributed by atoms with Gasteiger partial charge in [-0.25, -0.2) is 0 Å². The highest BCUT2D eigenvalue weighted by Gasteiger charge is 2.21. The van der Waals surface area contributed by atoms with Crippen LogP contribution in [-0.2, 0) is 10.1 Å². The standard InChI is InChI=1S/C20H20N4O5S2/c1-12-5-6-13(2)18(9-12)31(26,27)29-16-8-7-15(10-17(16)28-4)11-21-24-19(25)14(3)22-23-20(24)30/h5-11H,1-4H3,(H,23,30)/b21-11-. The highest BCUT2D eigenvalue weighted by molar-refractivity contribution is 7.87. The zero-order valence-corrected chi connectivity index (χ0v) is 18.9. The Bertz CT molecular complexity index is 1390. The first kappa shape index (κ1) is 22.4. The number of ether oxygens (including phenoxy) is 1. The average molecular weight is 461 g/mol.